The topological polar surface area (TPSA) is 50.4 Å². The fraction of sp³-hybridized carbons (Fsp3) is 0.316. The molecule has 0 saturated carbocycles. The van der Waals surface area contributed by atoms with Crippen LogP contribution in [0.25, 0.3) is 0 Å². The summed E-state index contributed by atoms with van der Waals surface area (Å²) in [5, 5.41) is 6.18. The predicted molar refractivity (Wildman–Crippen MR) is 98.8 cm³/mol. The van der Waals surface area contributed by atoms with Crippen LogP contribution in [0.2, 0.25) is 0 Å². The highest BCUT2D eigenvalue weighted by Crippen LogP contribution is 2.20. The molecule has 2 aromatic carbocycles. The first kappa shape index (κ1) is 18.3. The zero-order chi connectivity index (χ0) is 16.1. The highest BCUT2D eigenvalue weighted by Gasteiger charge is 2.22. The van der Waals surface area contributed by atoms with E-state index in [1.165, 1.54) is 5.56 Å². The van der Waals surface area contributed by atoms with Crippen LogP contribution in [-0.4, -0.2) is 19.0 Å². The molecule has 128 valence electrons. The van der Waals surface area contributed by atoms with E-state index in [1.807, 2.05) is 36.4 Å². The normalized spacial score (nSPS) is 16.3. The van der Waals surface area contributed by atoms with Gasteiger partial charge in [-0.3, -0.25) is 4.79 Å². The van der Waals surface area contributed by atoms with Gasteiger partial charge in [0.1, 0.15) is 12.4 Å². The maximum atomic E-state index is 12.2. The van der Waals surface area contributed by atoms with Gasteiger partial charge in [-0.25, -0.2) is 0 Å². The predicted octanol–water partition coefficient (Wildman–Crippen LogP) is 3.54. The van der Waals surface area contributed by atoms with Crippen LogP contribution in [0.4, 0.5) is 5.69 Å². The Kier molecular flexibility index (Phi) is 6.64. The van der Waals surface area contributed by atoms with Crippen LogP contribution < -0.4 is 15.4 Å². The number of rotatable bonds is 5. The summed E-state index contributed by atoms with van der Waals surface area (Å²) in [7, 11) is 0. The third-order valence-corrected chi connectivity index (χ3v) is 4.02. The van der Waals surface area contributed by atoms with Gasteiger partial charge < -0.3 is 15.4 Å². The van der Waals surface area contributed by atoms with Crippen LogP contribution in [0.1, 0.15) is 17.5 Å². The average molecular weight is 347 g/mol. The molecule has 0 aromatic heterocycles. The number of anilines is 1. The quantitative estimate of drug-likeness (QED) is 0.870. The fourth-order valence-electron chi connectivity index (χ4n) is 2.75. The Bertz CT molecular complexity index is 685. The molecule has 1 heterocycles. The van der Waals surface area contributed by atoms with Crippen molar-refractivity contribution >= 4 is 24.0 Å². The summed E-state index contributed by atoms with van der Waals surface area (Å²) in [6.07, 6.45) is 0.898. The lowest BCUT2D eigenvalue weighted by atomic mass is 10.1. The molecule has 0 bridgehead atoms. The number of benzene rings is 2. The summed E-state index contributed by atoms with van der Waals surface area (Å²) in [6.45, 7) is 4.26. The molecule has 24 heavy (non-hydrogen) atoms. The molecule has 4 nitrogen and oxygen atoms in total. The lowest BCUT2D eigenvalue weighted by Gasteiger charge is -2.12. The zero-order valence-electron chi connectivity index (χ0n) is 13.7. The van der Waals surface area contributed by atoms with Crippen molar-refractivity contribution in [1.29, 1.82) is 0 Å². The fourth-order valence-corrected chi connectivity index (χ4v) is 2.75. The van der Waals surface area contributed by atoms with Gasteiger partial charge in [0.2, 0.25) is 5.91 Å². The molecule has 1 saturated heterocycles. The molecule has 1 unspecified atom stereocenters. The molecule has 1 aliphatic rings. The van der Waals surface area contributed by atoms with E-state index in [-0.39, 0.29) is 24.2 Å². The highest BCUT2D eigenvalue weighted by atomic mass is 35.5. The van der Waals surface area contributed by atoms with E-state index < -0.39 is 0 Å². The number of hydrogen-bond donors (Lipinski definition) is 2. The third-order valence-electron chi connectivity index (χ3n) is 4.02. The van der Waals surface area contributed by atoms with Gasteiger partial charge in [-0.2, -0.15) is 0 Å². The SMILES string of the molecule is Cc1cccc(COc2cccc(NC(=O)C3CCNC3)c2)c1.Cl. The standard InChI is InChI=1S/C19H22N2O2.ClH/c1-14-4-2-5-15(10-14)13-23-18-7-3-6-17(11-18)21-19(22)16-8-9-20-12-16;/h2-7,10-11,16,20H,8-9,12-13H2,1H3,(H,21,22);1H. The van der Waals surface area contributed by atoms with Crippen LogP contribution in [0.3, 0.4) is 0 Å². The summed E-state index contributed by atoms with van der Waals surface area (Å²) in [6, 6.07) is 15.8. The molecule has 0 radical (unpaired) electrons. The van der Waals surface area contributed by atoms with Gasteiger partial charge in [-0.1, -0.05) is 35.9 Å². The summed E-state index contributed by atoms with van der Waals surface area (Å²) in [4.78, 5) is 12.2. The number of hydrogen-bond acceptors (Lipinski definition) is 3. The maximum absolute atomic E-state index is 12.2. The van der Waals surface area contributed by atoms with E-state index in [0.717, 1.165) is 36.5 Å². The van der Waals surface area contributed by atoms with E-state index in [2.05, 4.69) is 29.7 Å². The van der Waals surface area contributed by atoms with E-state index in [0.29, 0.717) is 6.61 Å². The van der Waals surface area contributed by atoms with Gasteiger partial charge in [0, 0.05) is 18.3 Å². The molecular formula is C19H23ClN2O2. The first-order valence-electron chi connectivity index (χ1n) is 8.01. The number of ether oxygens (including phenoxy) is 1. The summed E-state index contributed by atoms with van der Waals surface area (Å²) in [5.41, 5.74) is 3.14. The molecule has 1 atom stereocenters. The smallest absolute Gasteiger partial charge is 0.228 e. The van der Waals surface area contributed by atoms with E-state index in [9.17, 15) is 4.79 Å². The lowest BCUT2D eigenvalue weighted by Crippen LogP contribution is -2.24. The van der Waals surface area contributed by atoms with Gasteiger partial charge in [0.05, 0.1) is 5.92 Å². The van der Waals surface area contributed by atoms with Crippen LogP contribution in [0.15, 0.2) is 48.5 Å². The molecular weight excluding hydrogens is 324 g/mol. The second-order valence-electron chi connectivity index (χ2n) is 5.98. The Morgan fingerprint density at radius 1 is 1.25 bits per heavy atom. The molecule has 2 aromatic rings. The average Bonchev–Trinajstić information content (AvgIpc) is 3.08. The minimum absolute atomic E-state index is 0. The molecule has 3 rings (SSSR count). The monoisotopic (exact) mass is 346 g/mol. The zero-order valence-corrected chi connectivity index (χ0v) is 14.6. The van der Waals surface area contributed by atoms with Gasteiger partial charge in [-0.05, 0) is 37.6 Å². The Hall–Kier alpha value is -2.04. The first-order valence-corrected chi connectivity index (χ1v) is 8.01. The molecule has 1 aliphatic heterocycles. The highest BCUT2D eigenvalue weighted by molar-refractivity contribution is 5.93. The Balaban J connectivity index is 0.00000208. The second kappa shape index (κ2) is 8.71. The van der Waals surface area contributed by atoms with Crippen molar-refractivity contribution in [3.63, 3.8) is 0 Å². The van der Waals surface area contributed by atoms with Crippen LogP contribution >= 0.6 is 12.4 Å². The van der Waals surface area contributed by atoms with Crippen molar-refractivity contribution in [2.24, 2.45) is 5.92 Å². The lowest BCUT2D eigenvalue weighted by molar-refractivity contribution is -0.119. The number of amides is 1. The van der Waals surface area contributed by atoms with Gasteiger partial charge in [-0.15, -0.1) is 12.4 Å². The largest absolute Gasteiger partial charge is 0.489 e. The number of nitrogens with one attached hydrogen (secondary N) is 2. The van der Waals surface area contributed by atoms with Crippen LogP contribution in [0, 0.1) is 12.8 Å². The molecule has 5 heteroatoms. The number of halogens is 1. The minimum atomic E-state index is 0. The van der Waals surface area contributed by atoms with Gasteiger partial charge in [0.25, 0.3) is 0 Å². The van der Waals surface area contributed by atoms with Crippen LogP contribution in [0.5, 0.6) is 5.75 Å². The third kappa shape index (κ3) is 4.98. The Morgan fingerprint density at radius 3 is 2.83 bits per heavy atom. The van der Waals surface area contributed by atoms with Gasteiger partial charge >= 0.3 is 0 Å². The van der Waals surface area contributed by atoms with Crippen molar-refractivity contribution in [1.82, 2.24) is 5.32 Å². The van der Waals surface area contributed by atoms with Crippen molar-refractivity contribution in [2.45, 2.75) is 20.0 Å². The molecule has 0 aliphatic carbocycles. The molecule has 2 N–H and O–H groups in total. The maximum Gasteiger partial charge on any atom is 0.228 e. The van der Waals surface area contributed by atoms with E-state index in [4.69, 9.17) is 4.74 Å². The summed E-state index contributed by atoms with van der Waals surface area (Å²) < 4.78 is 5.83. The van der Waals surface area contributed by atoms with Gasteiger partial charge in [0.15, 0.2) is 0 Å². The number of carbonyl (C=O) groups excluding carboxylic acids is 1. The van der Waals surface area contributed by atoms with E-state index >= 15 is 0 Å². The molecule has 1 amide bonds. The first-order chi connectivity index (χ1) is 11.2. The minimum Gasteiger partial charge on any atom is -0.489 e. The Labute approximate surface area is 149 Å². The molecule has 0 spiro atoms. The van der Waals surface area contributed by atoms with E-state index in [1.54, 1.807) is 0 Å². The number of aryl methyl sites for hydroxylation is 1. The number of carbonyl (C=O) groups is 1. The van der Waals surface area contributed by atoms with Crippen molar-refractivity contribution < 1.29 is 9.53 Å². The van der Waals surface area contributed by atoms with Crippen molar-refractivity contribution in [3.05, 3.63) is 59.7 Å². The van der Waals surface area contributed by atoms with Crippen LogP contribution in [-0.2, 0) is 11.4 Å². The van der Waals surface area contributed by atoms with Crippen molar-refractivity contribution in [3.8, 4) is 5.75 Å². The summed E-state index contributed by atoms with van der Waals surface area (Å²) >= 11 is 0. The molecule has 1 fully saturated rings. The second-order valence-corrected chi connectivity index (χ2v) is 5.98. The Morgan fingerprint density at radius 2 is 2.08 bits per heavy atom. The van der Waals surface area contributed by atoms with Crippen molar-refractivity contribution in [2.75, 3.05) is 18.4 Å². The summed E-state index contributed by atoms with van der Waals surface area (Å²) in [5.74, 6) is 0.895.